The molecule has 0 spiro atoms. The van der Waals surface area contributed by atoms with Gasteiger partial charge in [-0.15, -0.1) is 11.3 Å². The van der Waals surface area contributed by atoms with E-state index >= 15 is 0 Å². The van der Waals surface area contributed by atoms with Crippen LogP contribution in [0.4, 0.5) is 5.82 Å². The van der Waals surface area contributed by atoms with Gasteiger partial charge in [0.05, 0.1) is 18.9 Å². The highest BCUT2D eigenvalue weighted by Gasteiger charge is 2.00. The molecule has 3 N–H and O–H groups in total. The molecule has 0 aliphatic rings. The van der Waals surface area contributed by atoms with Crippen molar-refractivity contribution in [3.05, 3.63) is 40.0 Å². The lowest BCUT2D eigenvalue weighted by atomic mass is 10.4. The number of thiocarbonyl (C=S) groups is 1. The van der Waals surface area contributed by atoms with Gasteiger partial charge in [-0.2, -0.15) is 0 Å². The van der Waals surface area contributed by atoms with Gasteiger partial charge in [0.25, 0.3) is 0 Å². The smallest absolute Gasteiger partial charge is 0.144 e. The second kappa shape index (κ2) is 5.20. The highest BCUT2D eigenvalue weighted by Crippen LogP contribution is 2.16. The number of rotatable bonds is 4. The molecule has 17 heavy (non-hydrogen) atoms. The van der Waals surface area contributed by atoms with Crippen molar-refractivity contribution in [2.75, 3.05) is 5.32 Å². The zero-order valence-electron chi connectivity index (χ0n) is 9.30. The van der Waals surface area contributed by atoms with Crippen LogP contribution in [0.5, 0.6) is 0 Å². The van der Waals surface area contributed by atoms with E-state index in [4.69, 9.17) is 18.0 Å². The van der Waals surface area contributed by atoms with E-state index in [9.17, 15) is 0 Å². The van der Waals surface area contributed by atoms with Gasteiger partial charge in [-0.25, -0.2) is 9.97 Å². The van der Waals surface area contributed by atoms with Crippen LogP contribution < -0.4 is 11.1 Å². The average molecular weight is 264 g/mol. The Labute approximate surface area is 109 Å². The number of aromatic nitrogens is 2. The first kappa shape index (κ1) is 11.9. The van der Waals surface area contributed by atoms with Gasteiger partial charge < -0.3 is 11.1 Å². The number of nitrogens with one attached hydrogen (secondary N) is 1. The quantitative estimate of drug-likeness (QED) is 0.828. The predicted octanol–water partition coefficient (Wildman–Crippen LogP) is 2.09. The van der Waals surface area contributed by atoms with Crippen LogP contribution in [-0.4, -0.2) is 15.0 Å². The minimum absolute atomic E-state index is 0.262. The Hall–Kier alpha value is -1.53. The third kappa shape index (κ3) is 3.21. The van der Waals surface area contributed by atoms with Gasteiger partial charge >= 0.3 is 0 Å². The topological polar surface area (TPSA) is 63.8 Å². The summed E-state index contributed by atoms with van der Waals surface area (Å²) in [7, 11) is 0. The number of hydrogen-bond acceptors (Lipinski definition) is 5. The lowest BCUT2D eigenvalue weighted by molar-refractivity contribution is 1.10. The first-order valence-electron chi connectivity index (χ1n) is 5.06. The fourth-order valence-electron chi connectivity index (χ4n) is 1.30. The molecule has 0 atom stereocenters. The maximum absolute atomic E-state index is 5.44. The van der Waals surface area contributed by atoms with Crippen LogP contribution in [0.2, 0.25) is 0 Å². The number of thiophene rings is 1. The molecule has 2 heterocycles. The average Bonchev–Trinajstić information content (AvgIpc) is 2.73. The molecular weight excluding hydrogens is 252 g/mol. The Balaban J connectivity index is 1.97. The molecule has 2 aromatic rings. The van der Waals surface area contributed by atoms with Crippen molar-refractivity contribution < 1.29 is 0 Å². The fraction of sp³-hybridized carbons (Fsp3) is 0.182. The number of anilines is 1. The zero-order chi connectivity index (χ0) is 12.3. The standard InChI is InChI=1S/C11H12N4S2/c1-7-2-3-8(17-7)4-14-10-6-13-9(5-15-10)11(12)16/h2-3,5-6H,4H2,1H3,(H2,12,16)(H,14,15). The third-order valence-electron chi connectivity index (χ3n) is 2.14. The maximum atomic E-state index is 5.44. The molecule has 0 fully saturated rings. The SMILES string of the molecule is Cc1ccc(CNc2cnc(C(N)=S)cn2)s1. The van der Waals surface area contributed by atoms with Gasteiger partial charge in [-0.1, -0.05) is 12.2 Å². The second-order valence-electron chi connectivity index (χ2n) is 3.52. The van der Waals surface area contributed by atoms with E-state index < -0.39 is 0 Å². The van der Waals surface area contributed by atoms with Gasteiger partial charge in [-0.05, 0) is 19.1 Å². The summed E-state index contributed by atoms with van der Waals surface area (Å²) in [5.41, 5.74) is 5.98. The van der Waals surface area contributed by atoms with Crippen LogP contribution in [0.3, 0.4) is 0 Å². The van der Waals surface area contributed by atoms with Gasteiger partial charge in [0, 0.05) is 9.75 Å². The lowest BCUT2D eigenvalue weighted by Crippen LogP contribution is -2.12. The van der Waals surface area contributed by atoms with Crippen molar-refractivity contribution in [2.24, 2.45) is 5.73 Å². The minimum Gasteiger partial charge on any atom is -0.388 e. The first-order chi connectivity index (χ1) is 8.15. The van der Waals surface area contributed by atoms with Gasteiger partial charge in [0.1, 0.15) is 16.5 Å². The summed E-state index contributed by atoms with van der Waals surface area (Å²) in [5, 5.41) is 3.19. The normalized spacial score (nSPS) is 10.2. The molecule has 2 aromatic heterocycles. The maximum Gasteiger partial charge on any atom is 0.144 e. The van der Waals surface area contributed by atoms with Crippen LogP contribution in [0, 0.1) is 6.92 Å². The molecule has 0 unspecified atom stereocenters. The molecule has 0 aliphatic heterocycles. The summed E-state index contributed by atoms with van der Waals surface area (Å²) in [6, 6.07) is 4.20. The molecule has 0 radical (unpaired) electrons. The van der Waals surface area contributed by atoms with Gasteiger partial charge in [0.15, 0.2) is 0 Å². The van der Waals surface area contributed by atoms with Crippen molar-refractivity contribution in [3.8, 4) is 0 Å². The monoisotopic (exact) mass is 264 g/mol. The van der Waals surface area contributed by atoms with Gasteiger partial charge in [0.2, 0.25) is 0 Å². The Morgan fingerprint density at radius 2 is 2.24 bits per heavy atom. The predicted molar refractivity (Wildman–Crippen MR) is 74.3 cm³/mol. The van der Waals surface area contributed by atoms with E-state index in [1.807, 2.05) is 0 Å². The Bertz CT molecular complexity index is 519. The van der Waals surface area contributed by atoms with Gasteiger partial charge in [-0.3, -0.25) is 0 Å². The molecule has 2 rings (SSSR count). The Morgan fingerprint density at radius 3 is 2.76 bits per heavy atom. The molecule has 88 valence electrons. The largest absolute Gasteiger partial charge is 0.388 e. The first-order valence-corrected chi connectivity index (χ1v) is 6.28. The fourth-order valence-corrected chi connectivity index (χ4v) is 2.24. The van der Waals surface area contributed by atoms with Crippen molar-refractivity contribution in [3.63, 3.8) is 0 Å². The summed E-state index contributed by atoms with van der Waals surface area (Å²) in [6.07, 6.45) is 3.21. The van der Waals surface area contributed by atoms with Crippen molar-refractivity contribution in [1.82, 2.24) is 9.97 Å². The summed E-state index contributed by atoms with van der Waals surface area (Å²) < 4.78 is 0. The highest BCUT2D eigenvalue weighted by molar-refractivity contribution is 7.80. The van der Waals surface area contributed by atoms with Crippen molar-refractivity contribution in [1.29, 1.82) is 0 Å². The summed E-state index contributed by atoms with van der Waals surface area (Å²) in [5.74, 6) is 0.719. The molecule has 4 nitrogen and oxygen atoms in total. The molecular formula is C11H12N4S2. The summed E-state index contributed by atoms with van der Waals surface area (Å²) >= 11 is 6.57. The summed E-state index contributed by atoms with van der Waals surface area (Å²) in [6.45, 7) is 2.84. The number of nitrogens with zero attached hydrogens (tertiary/aromatic N) is 2. The van der Waals surface area contributed by atoms with Crippen LogP contribution >= 0.6 is 23.6 Å². The number of hydrogen-bond donors (Lipinski definition) is 2. The van der Waals surface area contributed by atoms with E-state index in [1.165, 1.54) is 9.75 Å². The molecule has 0 aliphatic carbocycles. The molecule has 0 saturated heterocycles. The molecule has 0 amide bonds. The van der Waals surface area contributed by atoms with Crippen LogP contribution in [0.15, 0.2) is 24.5 Å². The molecule has 0 aromatic carbocycles. The second-order valence-corrected chi connectivity index (χ2v) is 5.33. The third-order valence-corrected chi connectivity index (χ3v) is 3.35. The van der Waals surface area contributed by atoms with Crippen LogP contribution in [0.25, 0.3) is 0 Å². The van der Waals surface area contributed by atoms with Crippen molar-refractivity contribution >= 4 is 34.4 Å². The van der Waals surface area contributed by atoms with E-state index in [1.54, 1.807) is 23.7 Å². The number of aryl methyl sites for hydroxylation is 1. The Kier molecular flexibility index (Phi) is 3.65. The van der Waals surface area contributed by atoms with E-state index in [0.717, 1.165) is 12.4 Å². The van der Waals surface area contributed by atoms with Crippen LogP contribution in [0.1, 0.15) is 15.4 Å². The van der Waals surface area contributed by atoms with Crippen molar-refractivity contribution in [2.45, 2.75) is 13.5 Å². The highest BCUT2D eigenvalue weighted by atomic mass is 32.1. The Morgan fingerprint density at radius 1 is 1.41 bits per heavy atom. The summed E-state index contributed by atoms with van der Waals surface area (Å²) in [4.78, 5) is 11.1. The zero-order valence-corrected chi connectivity index (χ0v) is 10.9. The van der Waals surface area contributed by atoms with Crippen LogP contribution in [-0.2, 0) is 6.54 Å². The molecule has 6 heteroatoms. The number of nitrogens with two attached hydrogens (primary N) is 1. The van der Waals surface area contributed by atoms with E-state index in [0.29, 0.717) is 5.69 Å². The van der Waals surface area contributed by atoms with E-state index in [-0.39, 0.29) is 4.99 Å². The van der Waals surface area contributed by atoms with E-state index in [2.05, 4.69) is 34.3 Å². The molecule has 0 bridgehead atoms. The lowest BCUT2D eigenvalue weighted by Gasteiger charge is -2.03. The molecule has 0 saturated carbocycles. The minimum atomic E-state index is 0.262.